The van der Waals surface area contributed by atoms with Crippen LogP contribution in [0.25, 0.3) is 0 Å². The van der Waals surface area contributed by atoms with Gasteiger partial charge in [-0.2, -0.15) is 5.26 Å². The number of rotatable bonds is 5. The number of nitrogens with one attached hydrogen (secondary N) is 1. The number of aryl methyl sites for hydroxylation is 1. The Hall–Kier alpha value is -1.61. The standard InChI is InChI=1S/C16H13ClN2OS2/c1-11-8-14(22-10-18)6-7-15(11)19-16(20)9-21-13-4-2-12(17)3-5-13/h2-8H,9H2,1H3,(H,19,20). The van der Waals surface area contributed by atoms with E-state index in [1.165, 1.54) is 11.8 Å². The second-order valence-electron chi connectivity index (χ2n) is 4.46. The van der Waals surface area contributed by atoms with Crippen LogP contribution in [0.4, 0.5) is 5.69 Å². The van der Waals surface area contributed by atoms with Crippen LogP contribution in [0, 0.1) is 17.6 Å². The highest BCUT2D eigenvalue weighted by Gasteiger charge is 2.07. The zero-order valence-corrected chi connectivity index (χ0v) is 14.2. The van der Waals surface area contributed by atoms with Crippen molar-refractivity contribution < 1.29 is 4.79 Å². The van der Waals surface area contributed by atoms with Gasteiger partial charge in [-0.15, -0.1) is 11.8 Å². The van der Waals surface area contributed by atoms with Crippen molar-refractivity contribution >= 4 is 46.7 Å². The highest BCUT2D eigenvalue weighted by molar-refractivity contribution is 8.03. The van der Waals surface area contributed by atoms with Crippen molar-refractivity contribution in [3.63, 3.8) is 0 Å². The summed E-state index contributed by atoms with van der Waals surface area (Å²) in [6.07, 6.45) is 0. The second kappa shape index (κ2) is 8.14. The number of hydrogen-bond acceptors (Lipinski definition) is 4. The first-order valence-corrected chi connectivity index (χ1v) is 8.61. The molecule has 0 aliphatic rings. The van der Waals surface area contributed by atoms with Crippen molar-refractivity contribution in [1.29, 1.82) is 5.26 Å². The Morgan fingerprint density at radius 1 is 1.23 bits per heavy atom. The van der Waals surface area contributed by atoms with Gasteiger partial charge in [-0.1, -0.05) is 11.6 Å². The first-order valence-electron chi connectivity index (χ1n) is 6.43. The van der Waals surface area contributed by atoms with E-state index in [1.54, 1.807) is 12.1 Å². The molecule has 0 atom stereocenters. The van der Waals surface area contributed by atoms with Crippen LogP contribution in [0.2, 0.25) is 5.02 Å². The van der Waals surface area contributed by atoms with Crippen molar-refractivity contribution in [2.24, 2.45) is 0 Å². The van der Waals surface area contributed by atoms with Crippen molar-refractivity contribution in [3.05, 3.63) is 53.1 Å². The Kier molecular flexibility index (Phi) is 6.20. The van der Waals surface area contributed by atoms with E-state index in [2.05, 4.69) is 5.32 Å². The van der Waals surface area contributed by atoms with Gasteiger partial charge in [-0.05, 0) is 66.7 Å². The topological polar surface area (TPSA) is 52.9 Å². The van der Waals surface area contributed by atoms with Gasteiger partial charge in [0.05, 0.1) is 5.75 Å². The largest absolute Gasteiger partial charge is 0.325 e. The van der Waals surface area contributed by atoms with E-state index in [-0.39, 0.29) is 5.91 Å². The molecule has 2 rings (SSSR count). The van der Waals surface area contributed by atoms with Gasteiger partial charge in [0.25, 0.3) is 0 Å². The molecule has 112 valence electrons. The lowest BCUT2D eigenvalue weighted by molar-refractivity contribution is -0.113. The maximum atomic E-state index is 12.0. The fraction of sp³-hybridized carbons (Fsp3) is 0.125. The highest BCUT2D eigenvalue weighted by atomic mass is 35.5. The summed E-state index contributed by atoms with van der Waals surface area (Å²) in [4.78, 5) is 13.9. The van der Waals surface area contributed by atoms with Gasteiger partial charge in [0.15, 0.2) is 0 Å². The summed E-state index contributed by atoms with van der Waals surface area (Å²) in [5.74, 6) is 0.263. The molecule has 0 heterocycles. The maximum absolute atomic E-state index is 12.0. The summed E-state index contributed by atoms with van der Waals surface area (Å²) in [7, 11) is 0. The molecule has 0 aliphatic carbocycles. The van der Waals surface area contributed by atoms with Crippen molar-refractivity contribution in [3.8, 4) is 5.40 Å². The predicted octanol–water partition coefficient (Wildman–Crippen LogP) is 4.95. The number of halogens is 1. The minimum Gasteiger partial charge on any atom is -0.325 e. The number of hydrogen-bond donors (Lipinski definition) is 1. The fourth-order valence-electron chi connectivity index (χ4n) is 1.76. The quantitative estimate of drug-likeness (QED) is 0.613. The fourth-order valence-corrected chi connectivity index (χ4v) is 3.06. The number of carbonyl (C=O) groups is 1. The molecule has 0 fully saturated rings. The molecule has 0 saturated carbocycles. The van der Waals surface area contributed by atoms with Gasteiger partial charge in [-0.25, -0.2) is 0 Å². The molecular weight excluding hydrogens is 336 g/mol. The minimum absolute atomic E-state index is 0.0660. The number of carbonyl (C=O) groups excluding carboxylic acids is 1. The van der Waals surface area contributed by atoms with E-state index >= 15 is 0 Å². The molecule has 6 heteroatoms. The molecule has 0 unspecified atom stereocenters. The van der Waals surface area contributed by atoms with Crippen LogP contribution in [-0.2, 0) is 4.79 Å². The van der Waals surface area contributed by atoms with E-state index in [0.717, 1.165) is 32.8 Å². The zero-order chi connectivity index (χ0) is 15.9. The number of nitriles is 1. The van der Waals surface area contributed by atoms with Crippen molar-refractivity contribution in [2.45, 2.75) is 16.7 Å². The Morgan fingerprint density at radius 2 is 1.91 bits per heavy atom. The molecule has 22 heavy (non-hydrogen) atoms. The van der Waals surface area contributed by atoms with E-state index in [0.29, 0.717) is 10.8 Å². The summed E-state index contributed by atoms with van der Waals surface area (Å²) >= 11 is 8.38. The van der Waals surface area contributed by atoms with Crippen LogP contribution in [0.15, 0.2) is 52.3 Å². The third-order valence-corrected chi connectivity index (χ3v) is 4.66. The molecule has 0 aliphatic heterocycles. The van der Waals surface area contributed by atoms with Crippen LogP contribution in [-0.4, -0.2) is 11.7 Å². The van der Waals surface area contributed by atoms with Crippen LogP contribution in [0.1, 0.15) is 5.56 Å². The van der Waals surface area contributed by atoms with Gasteiger partial charge in [0.1, 0.15) is 5.40 Å². The lowest BCUT2D eigenvalue weighted by atomic mass is 10.2. The number of nitrogens with zero attached hydrogens (tertiary/aromatic N) is 1. The summed E-state index contributed by atoms with van der Waals surface area (Å²) in [6, 6.07) is 12.9. The van der Waals surface area contributed by atoms with Gasteiger partial charge in [0, 0.05) is 20.5 Å². The molecule has 3 nitrogen and oxygen atoms in total. The summed E-state index contributed by atoms with van der Waals surface area (Å²) < 4.78 is 0. The Labute approximate surface area is 143 Å². The molecule has 1 N–H and O–H groups in total. The van der Waals surface area contributed by atoms with Crippen LogP contribution >= 0.6 is 35.1 Å². The van der Waals surface area contributed by atoms with Crippen molar-refractivity contribution in [1.82, 2.24) is 0 Å². The lowest BCUT2D eigenvalue weighted by Crippen LogP contribution is -2.14. The van der Waals surface area contributed by atoms with E-state index < -0.39 is 0 Å². The number of benzene rings is 2. The van der Waals surface area contributed by atoms with Gasteiger partial charge in [0.2, 0.25) is 5.91 Å². The third kappa shape index (κ3) is 4.99. The maximum Gasteiger partial charge on any atom is 0.234 e. The van der Waals surface area contributed by atoms with E-state index in [9.17, 15) is 4.79 Å². The zero-order valence-electron chi connectivity index (χ0n) is 11.8. The summed E-state index contributed by atoms with van der Waals surface area (Å²) in [5.41, 5.74) is 1.70. The molecule has 0 bridgehead atoms. The summed E-state index contributed by atoms with van der Waals surface area (Å²) in [6.45, 7) is 1.91. The predicted molar refractivity (Wildman–Crippen MR) is 93.5 cm³/mol. The molecular formula is C16H13ClN2OS2. The number of amides is 1. The van der Waals surface area contributed by atoms with Gasteiger partial charge >= 0.3 is 0 Å². The Morgan fingerprint density at radius 3 is 2.55 bits per heavy atom. The minimum atomic E-state index is -0.0660. The Balaban J connectivity index is 1.92. The second-order valence-corrected chi connectivity index (χ2v) is 6.80. The van der Waals surface area contributed by atoms with Crippen molar-refractivity contribution in [2.75, 3.05) is 11.1 Å². The van der Waals surface area contributed by atoms with Gasteiger partial charge in [-0.3, -0.25) is 4.79 Å². The number of anilines is 1. The first-order chi connectivity index (χ1) is 10.6. The van der Waals surface area contributed by atoms with E-state index in [1.807, 2.05) is 42.7 Å². The SMILES string of the molecule is Cc1cc(SC#N)ccc1NC(=O)CSc1ccc(Cl)cc1. The smallest absolute Gasteiger partial charge is 0.234 e. The normalized spacial score (nSPS) is 10.0. The average Bonchev–Trinajstić information content (AvgIpc) is 2.50. The van der Waals surface area contributed by atoms with Crippen LogP contribution < -0.4 is 5.32 Å². The Bertz CT molecular complexity index is 711. The number of thiocyanates is 1. The molecule has 0 spiro atoms. The highest BCUT2D eigenvalue weighted by Crippen LogP contribution is 2.24. The molecule has 1 amide bonds. The molecule has 2 aromatic carbocycles. The number of thioether (sulfide) groups is 2. The third-order valence-electron chi connectivity index (χ3n) is 2.82. The van der Waals surface area contributed by atoms with Crippen LogP contribution in [0.5, 0.6) is 0 Å². The monoisotopic (exact) mass is 348 g/mol. The van der Waals surface area contributed by atoms with Gasteiger partial charge < -0.3 is 5.32 Å². The van der Waals surface area contributed by atoms with E-state index in [4.69, 9.17) is 16.9 Å². The molecule has 0 radical (unpaired) electrons. The summed E-state index contributed by atoms with van der Waals surface area (Å²) in [5, 5.41) is 14.2. The average molecular weight is 349 g/mol. The molecule has 0 aromatic heterocycles. The first kappa shape index (κ1) is 16.8. The lowest BCUT2D eigenvalue weighted by Gasteiger charge is -2.09. The van der Waals surface area contributed by atoms with Crippen LogP contribution in [0.3, 0.4) is 0 Å². The molecule has 2 aromatic rings. The molecule has 0 saturated heterocycles.